The molecule has 1 amide bonds. The molecular weight excluding hydrogens is 454 g/mol. The number of halogens is 2. The van der Waals surface area contributed by atoms with Gasteiger partial charge in [-0.15, -0.1) is 0 Å². The fourth-order valence-corrected chi connectivity index (χ4v) is 3.21. The molecule has 0 aliphatic heterocycles. The van der Waals surface area contributed by atoms with Gasteiger partial charge in [-0.25, -0.2) is 0 Å². The van der Waals surface area contributed by atoms with Crippen LogP contribution in [0.25, 0.3) is 0 Å². The molecule has 150 valence electrons. The average Bonchev–Trinajstić information content (AvgIpc) is 2.70. The highest BCUT2D eigenvalue weighted by molar-refractivity contribution is 9.10. The molecule has 0 saturated heterocycles. The molecule has 3 aromatic carbocycles. The van der Waals surface area contributed by atoms with Gasteiger partial charge in [-0.3, -0.25) is 4.79 Å². The van der Waals surface area contributed by atoms with Gasteiger partial charge in [0.1, 0.15) is 6.61 Å². The third-order valence-corrected chi connectivity index (χ3v) is 4.99. The van der Waals surface area contributed by atoms with Crippen molar-refractivity contribution in [3.8, 4) is 11.5 Å². The summed E-state index contributed by atoms with van der Waals surface area (Å²) in [5.74, 6) is 0.586. The Labute approximate surface area is 183 Å². The largest absolute Gasteiger partial charge is 0.490 e. The Morgan fingerprint density at radius 1 is 1.03 bits per heavy atom. The molecule has 4 nitrogen and oxygen atoms in total. The van der Waals surface area contributed by atoms with E-state index in [2.05, 4.69) is 21.2 Å². The summed E-state index contributed by atoms with van der Waals surface area (Å²) >= 11 is 9.81. The molecule has 3 rings (SSSR count). The lowest BCUT2D eigenvalue weighted by atomic mass is 10.1. The summed E-state index contributed by atoms with van der Waals surface area (Å²) in [6, 6.07) is 18.6. The number of carbonyl (C=O) groups excluding carboxylic acids is 1. The number of benzene rings is 3. The highest BCUT2D eigenvalue weighted by atomic mass is 79.9. The van der Waals surface area contributed by atoms with Crippen LogP contribution in [0.15, 0.2) is 65.1 Å². The van der Waals surface area contributed by atoms with Gasteiger partial charge in [-0.1, -0.05) is 57.4 Å². The third kappa shape index (κ3) is 5.75. The van der Waals surface area contributed by atoms with Gasteiger partial charge in [0.05, 0.1) is 11.6 Å². The summed E-state index contributed by atoms with van der Waals surface area (Å²) in [6.45, 7) is 4.68. The second-order valence-electron chi connectivity index (χ2n) is 6.45. The van der Waals surface area contributed by atoms with Crippen LogP contribution in [0.2, 0.25) is 5.02 Å². The van der Waals surface area contributed by atoms with Gasteiger partial charge in [0.2, 0.25) is 0 Å². The molecule has 6 heteroatoms. The van der Waals surface area contributed by atoms with Crippen molar-refractivity contribution in [2.45, 2.75) is 20.5 Å². The highest BCUT2D eigenvalue weighted by Gasteiger charge is 2.17. The number of hydrogen-bond donors (Lipinski definition) is 1. The van der Waals surface area contributed by atoms with Crippen LogP contribution < -0.4 is 14.8 Å². The van der Waals surface area contributed by atoms with Gasteiger partial charge < -0.3 is 14.8 Å². The first kappa shape index (κ1) is 21.2. The quantitative estimate of drug-likeness (QED) is 0.417. The van der Waals surface area contributed by atoms with E-state index in [1.807, 2.05) is 62.4 Å². The lowest BCUT2D eigenvalue weighted by Crippen LogP contribution is -2.12. The predicted molar refractivity (Wildman–Crippen MR) is 120 cm³/mol. The van der Waals surface area contributed by atoms with E-state index in [1.54, 1.807) is 12.1 Å². The summed E-state index contributed by atoms with van der Waals surface area (Å²) in [5.41, 5.74) is 3.28. The van der Waals surface area contributed by atoms with E-state index in [0.29, 0.717) is 41.0 Å². The normalized spacial score (nSPS) is 10.5. The maximum Gasteiger partial charge on any atom is 0.255 e. The van der Waals surface area contributed by atoms with Crippen molar-refractivity contribution < 1.29 is 14.3 Å². The summed E-state index contributed by atoms with van der Waals surface area (Å²) in [4.78, 5) is 12.7. The maximum atomic E-state index is 12.7. The van der Waals surface area contributed by atoms with Crippen molar-refractivity contribution in [2.75, 3.05) is 11.9 Å². The Kier molecular flexibility index (Phi) is 7.18. The molecule has 0 radical (unpaired) electrons. The molecule has 0 unspecified atom stereocenters. The first-order valence-electron chi connectivity index (χ1n) is 9.18. The van der Waals surface area contributed by atoms with Crippen molar-refractivity contribution in [3.63, 3.8) is 0 Å². The van der Waals surface area contributed by atoms with E-state index in [1.165, 1.54) is 5.56 Å². The van der Waals surface area contributed by atoms with Crippen LogP contribution in [-0.2, 0) is 6.61 Å². The molecular formula is C23H21BrClNO3. The Hall–Kier alpha value is -2.50. The van der Waals surface area contributed by atoms with Crippen molar-refractivity contribution in [2.24, 2.45) is 0 Å². The molecule has 0 spiro atoms. The van der Waals surface area contributed by atoms with Gasteiger partial charge in [0.15, 0.2) is 11.5 Å². The first-order chi connectivity index (χ1) is 14.0. The molecule has 0 aromatic heterocycles. The monoisotopic (exact) mass is 473 g/mol. The van der Waals surface area contributed by atoms with Crippen molar-refractivity contribution in [1.82, 2.24) is 0 Å². The lowest BCUT2D eigenvalue weighted by molar-refractivity contribution is 0.102. The number of amides is 1. The fraction of sp³-hybridized carbons (Fsp3) is 0.174. The van der Waals surface area contributed by atoms with Crippen molar-refractivity contribution >= 4 is 39.1 Å². The second-order valence-corrected chi connectivity index (χ2v) is 7.78. The van der Waals surface area contributed by atoms with Crippen LogP contribution >= 0.6 is 27.5 Å². The van der Waals surface area contributed by atoms with Gasteiger partial charge in [-0.05, 0) is 55.8 Å². The van der Waals surface area contributed by atoms with Gasteiger partial charge in [0, 0.05) is 15.7 Å². The number of rotatable bonds is 7. The van der Waals surface area contributed by atoms with E-state index in [0.717, 1.165) is 10.0 Å². The van der Waals surface area contributed by atoms with Crippen molar-refractivity contribution in [1.29, 1.82) is 0 Å². The van der Waals surface area contributed by atoms with Gasteiger partial charge in [0.25, 0.3) is 5.91 Å². The number of nitrogens with one attached hydrogen (secondary N) is 1. The van der Waals surface area contributed by atoms with E-state index in [9.17, 15) is 4.79 Å². The second kappa shape index (κ2) is 9.81. The minimum Gasteiger partial charge on any atom is -0.490 e. The average molecular weight is 475 g/mol. The van der Waals surface area contributed by atoms with Crippen LogP contribution in [0.3, 0.4) is 0 Å². The zero-order valence-corrected chi connectivity index (χ0v) is 18.5. The van der Waals surface area contributed by atoms with Crippen LogP contribution in [0.1, 0.15) is 28.4 Å². The third-order valence-electron chi connectivity index (χ3n) is 4.18. The molecule has 0 aliphatic rings. The van der Waals surface area contributed by atoms with E-state index in [4.69, 9.17) is 21.1 Å². The van der Waals surface area contributed by atoms with Crippen molar-refractivity contribution in [3.05, 3.63) is 86.8 Å². The van der Waals surface area contributed by atoms with Crippen LogP contribution in [0, 0.1) is 6.92 Å². The van der Waals surface area contributed by atoms with Gasteiger partial charge in [-0.2, -0.15) is 0 Å². The minimum atomic E-state index is -0.278. The number of aryl methyl sites for hydroxylation is 1. The smallest absolute Gasteiger partial charge is 0.255 e. The first-order valence-corrected chi connectivity index (χ1v) is 10.3. The molecule has 0 heterocycles. The number of carbonyl (C=O) groups is 1. The SMILES string of the molecule is CCOc1cc(C(=O)Nc2ccc(Br)cc2)cc(Cl)c1OCc1ccc(C)cc1. The highest BCUT2D eigenvalue weighted by Crippen LogP contribution is 2.37. The molecule has 0 bridgehead atoms. The number of ether oxygens (including phenoxy) is 2. The van der Waals surface area contributed by atoms with Gasteiger partial charge >= 0.3 is 0 Å². The zero-order chi connectivity index (χ0) is 20.8. The van der Waals surface area contributed by atoms with E-state index >= 15 is 0 Å². The minimum absolute atomic E-state index is 0.278. The van der Waals surface area contributed by atoms with Crippen LogP contribution in [0.5, 0.6) is 11.5 Å². The zero-order valence-electron chi connectivity index (χ0n) is 16.2. The Morgan fingerprint density at radius 2 is 1.72 bits per heavy atom. The predicted octanol–water partition coefficient (Wildman–Crippen LogP) is 6.64. The molecule has 3 aromatic rings. The Balaban J connectivity index is 1.80. The Morgan fingerprint density at radius 3 is 2.38 bits per heavy atom. The topological polar surface area (TPSA) is 47.6 Å². The van der Waals surface area contributed by atoms with Crippen LogP contribution in [0.4, 0.5) is 5.69 Å². The summed E-state index contributed by atoms with van der Waals surface area (Å²) < 4.78 is 12.5. The Bertz CT molecular complexity index is 988. The molecule has 0 atom stereocenters. The van der Waals surface area contributed by atoms with E-state index < -0.39 is 0 Å². The summed E-state index contributed by atoms with van der Waals surface area (Å²) in [7, 11) is 0. The molecule has 0 aliphatic carbocycles. The number of anilines is 1. The lowest BCUT2D eigenvalue weighted by Gasteiger charge is -2.15. The molecule has 0 saturated carbocycles. The summed E-state index contributed by atoms with van der Waals surface area (Å²) in [6.07, 6.45) is 0. The maximum absolute atomic E-state index is 12.7. The number of hydrogen-bond acceptors (Lipinski definition) is 3. The molecule has 0 fully saturated rings. The van der Waals surface area contributed by atoms with Crippen LogP contribution in [-0.4, -0.2) is 12.5 Å². The summed E-state index contributed by atoms with van der Waals surface area (Å²) in [5, 5.41) is 3.17. The van der Waals surface area contributed by atoms with E-state index in [-0.39, 0.29) is 5.91 Å². The molecule has 1 N–H and O–H groups in total. The fourth-order valence-electron chi connectivity index (χ4n) is 2.68. The standard InChI is InChI=1S/C23H21BrClNO3/c1-3-28-21-13-17(23(27)26-19-10-8-18(24)9-11-19)12-20(25)22(21)29-14-16-6-4-15(2)5-7-16/h4-13H,3,14H2,1-2H3,(H,26,27). The molecule has 29 heavy (non-hydrogen) atoms.